The molecule has 0 aliphatic rings. The number of para-hydroxylation sites is 1. The van der Waals surface area contributed by atoms with Crippen molar-refractivity contribution >= 4 is 0 Å². The fourth-order valence-corrected chi connectivity index (χ4v) is 2.38. The zero-order valence-corrected chi connectivity index (χ0v) is 14.6. The highest BCUT2D eigenvalue weighted by molar-refractivity contribution is 5.46. The predicted octanol–water partition coefficient (Wildman–Crippen LogP) is 4.47. The van der Waals surface area contributed by atoms with Gasteiger partial charge in [0, 0.05) is 18.2 Å². The average molecular weight is 313 g/mol. The van der Waals surface area contributed by atoms with Crippen LogP contribution in [0.3, 0.4) is 0 Å². The Bertz CT molecular complexity index is 625. The van der Waals surface area contributed by atoms with E-state index < -0.39 is 0 Å². The summed E-state index contributed by atoms with van der Waals surface area (Å²) in [6, 6.07) is 14.8. The minimum absolute atomic E-state index is 0.477. The third-order valence-corrected chi connectivity index (χ3v) is 4.17. The van der Waals surface area contributed by atoms with E-state index in [0.717, 1.165) is 30.0 Å². The summed E-state index contributed by atoms with van der Waals surface area (Å²) in [7, 11) is 1.68. The van der Waals surface area contributed by atoms with Crippen LogP contribution in [0.4, 0.5) is 0 Å². The Balaban J connectivity index is 2.16. The lowest BCUT2D eigenvalue weighted by atomic mass is 10.1. The van der Waals surface area contributed by atoms with Gasteiger partial charge < -0.3 is 14.8 Å². The summed E-state index contributed by atoms with van der Waals surface area (Å²) in [5.74, 6) is 1.61. The zero-order valence-electron chi connectivity index (χ0n) is 14.6. The molecule has 0 heterocycles. The van der Waals surface area contributed by atoms with Gasteiger partial charge in [-0.15, -0.1) is 0 Å². The fraction of sp³-hybridized carbons (Fsp3) is 0.400. The second-order valence-corrected chi connectivity index (χ2v) is 5.85. The Kier molecular flexibility index (Phi) is 6.48. The van der Waals surface area contributed by atoms with Crippen molar-refractivity contribution in [3.05, 3.63) is 59.2 Å². The van der Waals surface area contributed by atoms with Crippen LogP contribution in [-0.4, -0.2) is 13.2 Å². The van der Waals surface area contributed by atoms with Gasteiger partial charge in [0.15, 0.2) is 11.5 Å². The average Bonchev–Trinajstić information content (AvgIpc) is 2.59. The first kappa shape index (κ1) is 17.4. The zero-order chi connectivity index (χ0) is 16.7. The Hall–Kier alpha value is -2.00. The van der Waals surface area contributed by atoms with Gasteiger partial charge in [0.2, 0.25) is 0 Å². The molecule has 1 N–H and O–H groups in total. The van der Waals surface area contributed by atoms with Gasteiger partial charge in [0.05, 0.1) is 7.11 Å². The largest absolute Gasteiger partial charge is 0.493 e. The molecule has 2 aromatic carbocycles. The van der Waals surface area contributed by atoms with E-state index in [1.54, 1.807) is 7.11 Å². The monoisotopic (exact) mass is 313 g/mol. The van der Waals surface area contributed by atoms with E-state index in [4.69, 9.17) is 9.47 Å². The van der Waals surface area contributed by atoms with E-state index in [9.17, 15) is 0 Å². The number of hydrogen-bond acceptors (Lipinski definition) is 3. The molecule has 124 valence electrons. The van der Waals surface area contributed by atoms with Gasteiger partial charge >= 0.3 is 0 Å². The van der Waals surface area contributed by atoms with Crippen molar-refractivity contribution in [3.63, 3.8) is 0 Å². The van der Waals surface area contributed by atoms with Crippen molar-refractivity contribution < 1.29 is 9.47 Å². The van der Waals surface area contributed by atoms with Crippen LogP contribution in [0.25, 0.3) is 0 Å². The van der Waals surface area contributed by atoms with Crippen molar-refractivity contribution in [2.45, 2.75) is 46.4 Å². The van der Waals surface area contributed by atoms with Crippen molar-refractivity contribution in [2.75, 3.05) is 7.11 Å². The summed E-state index contributed by atoms with van der Waals surface area (Å²) in [6.45, 7) is 7.79. The Morgan fingerprint density at radius 1 is 1.04 bits per heavy atom. The molecule has 0 aliphatic carbocycles. The van der Waals surface area contributed by atoms with Gasteiger partial charge in [0.1, 0.15) is 6.61 Å². The molecular weight excluding hydrogens is 286 g/mol. The maximum Gasteiger partial charge on any atom is 0.166 e. The van der Waals surface area contributed by atoms with E-state index in [0.29, 0.717) is 12.6 Å². The van der Waals surface area contributed by atoms with E-state index >= 15 is 0 Å². The first-order valence-electron chi connectivity index (χ1n) is 8.22. The SMILES string of the molecule is CC[C@@H](C)NCc1cccc(OC)c1OCc1ccccc1C. The maximum atomic E-state index is 6.13. The number of nitrogens with one attached hydrogen (secondary N) is 1. The number of ether oxygens (including phenoxy) is 2. The highest BCUT2D eigenvalue weighted by Crippen LogP contribution is 2.32. The summed E-state index contributed by atoms with van der Waals surface area (Å²) >= 11 is 0. The Morgan fingerprint density at radius 2 is 1.78 bits per heavy atom. The minimum Gasteiger partial charge on any atom is -0.493 e. The van der Waals surface area contributed by atoms with Crippen LogP contribution in [0.2, 0.25) is 0 Å². The van der Waals surface area contributed by atoms with Crippen molar-refractivity contribution in [1.29, 1.82) is 0 Å². The molecule has 2 rings (SSSR count). The van der Waals surface area contributed by atoms with Crippen LogP contribution < -0.4 is 14.8 Å². The van der Waals surface area contributed by atoms with Gasteiger partial charge in [-0.2, -0.15) is 0 Å². The molecule has 0 bridgehead atoms. The second kappa shape index (κ2) is 8.59. The summed E-state index contributed by atoms with van der Waals surface area (Å²) in [5.41, 5.74) is 3.55. The van der Waals surface area contributed by atoms with E-state index in [2.05, 4.69) is 44.3 Å². The predicted molar refractivity (Wildman–Crippen MR) is 95.1 cm³/mol. The fourth-order valence-electron chi connectivity index (χ4n) is 2.38. The molecule has 0 amide bonds. The number of hydrogen-bond donors (Lipinski definition) is 1. The summed E-state index contributed by atoms with van der Waals surface area (Å²) in [6.07, 6.45) is 1.10. The third kappa shape index (κ3) is 4.73. The molecule has 0 spiro atoms. The molecule has 0 radical (unpaired) electrons. The van der Waals surface area contributed by atoms with E-state index in [1.165, 1.54) is 11.1 Å². The van der Waals surface area contributed by atoms with E-state index in [1.807, 2.05) is 24.3 Å². The third-order valence-electron chi connectivity index (χ3n) is 4.17. The van der Waals surface area contributed by atoms with Crippen molar-refractivity contribution in [3.8, 4) is 11.5 Å². The highest BCUT2D eigenvalue weighted by atomic mass is 16.5. The summed E-state index contributed by atoms with van der Waals surface area (Å²) in [5, 5.41) is 3.51. The standard InChI is InChI=1S/C20H27NO2/c1-5-16(3)21-13-17-11-8-12-19(22-4)20(17)23-14-18-10-7-6-9-15(18)2/h6-12,16,21H,5,13-14H2,1-4H3/t16-/m1/s1. The van der Waals surface area contributed by atoms with Crippen LogP contribution in [-0.2, 0) is 13.2 Å². The number of benzene rings is 2. The molecule has 0 aliphatic heterocycles. The van der Waals surface area contributed by atoms with E-state index in [-0.39, 0.29) is 0 Å². The lowest BCUT2D eigenvalue weighted by Crippen LogP contribution is -2.24. The molecule has 3 nitrogen and oxygen atoms in total. The highest BCUT2D eigenvalue weighted by Gasteiger charge is 2.12. The first-order chi connectivity index (χ1) is 11.2. The van der Waals surface area contributed by atoms with Gasteiger partial charge in [-0.05, 0) is 37.5 Å². The Labute approximate surface area is 139 Å². The van der Waals surface area contributed by atoms with Crippen LogP contribution in [0.1, 0.15) is 37.0 Å². The lowest BCUT2D eigenvalue weighted by molar-refractivity contribution is 0.279. The molecular formula is C20H27NO2. The smallest absolute Gasteiger partial charge is 0.166 e. The van der Waals surface area contributed by atoms with Crippen LogP contribution >= 0.6 is 0 Å². The molecule has 0 saturated carbocycles. The second-order valence-electron chi connectivity index (χ2n) is 5.85. The normalized spacial score (nSPS) is 12.0. The molecule has 23 heavy (non-hydrogen) atoms. The quantitative estimate of drug-likeness (QED) is 0.780. The molecule has 0 saturated heterocycles. The lowest BCUT2D eigenvalue weighted by Gasteiger charge is -2.18. The van der Waals surface area contributed by atoms with Gasteiger partial charge in [-0.1, -0.05) is 43.3 Å². The molecule has 3 heteroatoms. The van der Waals surface area contributed by atoms with Crippen LogP contribution in [0.5, 0.6) is 11.5 Å². The summed E-state index contributed by atoms with van der Waals surface area (Å²) in [4.78, 5) is 0. The molecule has 1 atom stereocenters. The first-order valence-corrected chi connectivity index (χ1v) is 8.22. The number of methoxy groups -OCH3 is 1. The molecule has 0 fully saturated rings. The number of aryl methyl sites for hydroxylation is 1. The molecule has 0 aromatic heterocycles. The maximum absolute atomic E-state index is 6.13. The van der Waals surface area contributed by atoms with Gasteiger partial charge in [-0.3, -0.25) is 0 Å². The van der Waals surface area contributed by atoms with Crippen molar-refractivity contribution in [2.24, 2.45) is 0 Å². The van der Waals surface area contributed by atoms with Crippen molar-refractivity contribution in [1.82, 2.24) is 5.32 Å². The van der Waals surface area contributed by atoms with Crippen LogP contribution in [0.15, 0.2) is 42.5 Å². The van der Waals surface area contributed by atoms with Crippen LogP contribution in [0, 0.1) is 6.92 Å². The van der Waals surface area contributed by atoms with Gasteiger partial charge in [0.25, 0.3) is 0 Å². The Morgan fingerprint density at radius 3 is 2.48 bits per heavy atom. The molecule has 0 unspecified atom stereocenters. The van der Waals surface area contributed by atoms with Gasteiger partial charge in [-0.25, -0.2) is 0 Å². The summed E-state index contributed by atoms with van der Waals surface area (Å²) < 4.78 is 11.6. The topological polar surface area (TPSA) is 30.5 Å². The molecule has 2 aromatic rings. The minimum atomic E-state index is 0.477. The number of rotatable bonds is 8.